The number of benzene rings is 2. The number of anilines is 1. The van der Waals surface area contributed by atoms with Gasteiger partial charge in [-0.15, -0.1) is 0 Å². The molecule has 218 valence electrons. The molecule has 2 aromatic carbocycles. The first-order valence-electron chi connectivity index (χ1n) is 12.2. The maximum atomic E-state index is 12.0. The van der Waals surface area contributed by atoms with Crippen molar-refractivity contribution in [3.63, 3.8) is 0 Å². The molecular formula is C24H27N5O10P2. The molecule has 0 spiro atoms. The van der Waals surface area contributed by atoms with Gasteiger partial charge in [0.1, 0.15) is 12.4 Å². The molecule has 1 aliphatic rings. The highest BCUT2D eigenvalue weighted by molar-refractivity contribution is 7.70. The fraction of sp³-hybridized carbons (Fsp3) is 0.292. The fourth-order valence-electron chi connectivity index (χ4n) is 4.38. The van der Waals surface area contributed by atoms with Crippen molar-refractivity contribution >= 4 is 32.2 Å². The van der Waals surface area contributed by atoms with E-state index in [0.29, 0.717) is 17.9 Å². The second-order valence-electron chi connectivity index (χ2n) is 9.45. The number of aromatic nitrogens is 4. The van der Waals surface area contributed by atoms with Crippen LogP contribution >= 0.6 is 15.2 Å². The van der Waals surface area contributed by atoms with Crippen molar-refractivity contribution < 1.29 is 48.4 Å². The molecule has 1 fully saturated rings. The molecule has 5 rings (SSSR count). The first-order chi connectivity index (χ1) is 19.3. The Morgan fingerprint density at radius 3 is 2.34 bits per heavy atom. The summed E-state index contributed by atoms with van der Waals surface area (Å²) in [5.41, 5.74) is 3.62. The van der Waals surface area contributed by atoms with E-state index in [2.05, 4.69) is 24.8 Å². The van der Waals surface area contributed by atoms with Gasteiger partial charge in [-0.2, -0.15) is 0 Å². The molecule has 0 bridgehead atoms. The van der Waals surface area contributed by atoms with E-state index < -0.39 is 51.9 Å². The summed E-state index contributed by atoms with van der Waals surface area (Å²) in [6.45, 7) is -0.561. The number of fused-ring (bicyclic) bond motifs is 1. The minimum Gasteiger partial charge on any atom is -0.383 e. The van der Waals surface area contributed by atoms with Crippen LogP contribution in [-0.2, 0) is 24.9 Å². The lowest BCUT2D eigenvalue weighted by Gasteiger charge is -2.25. The smallest absolute Gasteiger partial charge is 0.340 e. The number of aliphatic hydroxyl groups excluding tert-OH is 1. The molecule has 2 aromatic heterocycles. The van der Waals surface area contributed by atoms with E-state index in [9.17, 15) is 29.3 Å². The van der Waals surface area contributed by atoms with E-state index in [1.54, 1.807) is 0 Å². The second kappa shape index (κ2) is 11.3. The van der Waals surface area contributed by atoms with Gasteiger partial charge in [0.15, 0.2) is 35.2 Å². The average Bonchev–Trinajstić information content (AvgIpc) is 3.44. The predicted molar refractivity (Wildman–Crippen MR) is 144 cm³/mol. The predicted octanol–water partition coefficient (Wildman–Crippen LogP) is 1.38. The average molecular weight is 607 g/mol. The van der Waals surface area contributed by atoms with Gasteiger partial charge in [-0.3, -0.25) is 13.7 Å². The number of nitrogens with one attached hydrogen (secondary N) is 1. The number of rotatable bonds is 10. The highest BCUT2D eigenvalue weighted by atomic mass is 31.2. The Hall–Kier alpha value is -3.07. The van der Waals surface area contributed by atoms with Crippen LogP contribution in [0.4, 0.5) is 5.82 Å². The summed E-state index contributed by atoms with van der Waals surface area (Å²) in [6, 6.07) is 17.9. The van der Waals surface area contributed by atoms with Crippen LogP contribution in [-0.4, -0.2) is 80.0 Å². The molecule has 0 aliphatic carbocycles. The summed E-state index contributed by atoms with van der Waals surface area (Å²) in [5, 5.41) is 34.7. The van der Waals surface area contributed by atoms with E-state index in [1.807, 2.05) is 54.6 Å². The number of imidazole rings is 1. The van der Waals surface area contributed by atoms with Gasteiger partial charge in [-0.05, 0) is 16.7 Å². The largest absolute Gasteiger partial charge is 0.383 e. The van der Waals surface area contributed by atoms with Gasteiger partial charge in [0.05, 0.1) is 12.9 Å². The summed E-state index contributed by atoms with van der Waals surface area (Å²) < 4.78 is 34.4. The van der Waals surface area contributed by atoms with Gasteiger partial charge >= 0.3 is 15.2 Å². The lowest BCUT2D eigenvalue weighted by molar-refractivity contribution is -0.234. The summed E-state index contributed by atoms with van der Waals surface area (Å²) in [6.07, 6.45) is -2.72. The van der Waals surface area contributed by atoms with Crippen molar-refractivity contribution in [2.24, 2.45) is 0 Å². The SMILES string of the molecule is O=P(O)(O)CP(=O)(O)OC[C@H]1O[C@@H](n2cnc3c(NCc4ccc(-c5ccccc5)cc4)ncnc32)[C@H](O)C1(O)O. The van der Waals surface area contributed by atoms with E-state index in [4.69, 9.17) is 14.5 Å². The van der Waals surface area contributed by atoms with E-state index in [0.717, 1.165) is 16.7 Å². The molecule has 17 heteroatoms. The molecule has 1 aliphatic heterocycles. The minimum atomic E-state index is -4.90. The lowest BCUT2D eigenvalue weighted by atomic mass is 10.0. The summed E-state index contributed by atoms with van der Waals surface area (Å²) in [7, 11) is -9.72. The van der Waals surface area contributed by atoms with Crippen LogP contribution in [0.25, 0.3) is 22.3 Å². The molecule has 0 radical (unpaired) electrons. The van der Waals surface area contributed by atoms with Crippen LogP contribution in [0, 0.1) is 0 Å². The number of hydrogen-bond donors (Lipinski definition) is 7. The zero-order valence-electron chi connectivity index (χ0n) is 21.2. The van der Waals surface area contributed by atoms with Crippen molar-refractivity contribution in [2.75, 3.05) is 17.8 Å². The van der Waals surface area contributed by atoms with E-state index >= 15 is 0 Å². The van der Waals surface area contributed by atoms with Crippen LogP contribution < -0.4 is 5.32 Å². The highest BCUT2D eigenvalue weighted by Crippen LogP contribution is 2.55. The summed E-state index contributed by atoms with van der Waals surface area (Å²) >= 11 is 0. The third-order valence-corrected chi connectivity index (χ3v) is 9.88. The minimum absolute atomic E-state index is 0.178. The highest BCUT2D eigenvalue weighted by Gasteiger charge is 2.56. The maximum absolute atomic E-state index is 12.0. The fourth-order valence-corrected chi connectivity index (χ4v) is 6.94. The normalized spacial score (nSPS) is 22.0. The number of nitrogens with zero attached hydrogens (tertiary/aromatic N) is 4. The topological polar surface area (TPSA) is 230 Å². The molecular weight excluding hydrogens is 580 g/mol. The molecule has 4 aromatic rings. The molecule has 0 amide bonds. The molecule has 3 heterocycles. The zero-order valence-corrected chi connectivity index (χ0v) is 23.0. The Bertz CT molecular complexity index is 1610. The van der Waals surface area contributed by atoms with Crippen LogP contribution in [0.5, 0.6) is 0 Å². The second-order valence-corrected chi connectivity index (χ2v) is 13.4. The molecule has 41 heavy (non-hydrogen) atoms. The quantitative estimate of drug-likeness (QED) is 0.0998. The van der Waals surface area contributed by atoms with Crippen molar-refractivity contribution in [2.45, 2.75) is 30.8 Å². The van der Waals surface area contributed by atoms with Crippen molar-refractivity contribution in [1.82, 2.24) is 19.5 Å². The first-order valence-corrected chi connectivity index (χ1v) is 15.7. The standard InChI is InChI=1S/C24H27N5O10P2/c30-20-23(39-18(24(20,31)32)11-38-41(36,37)14-40(33,34)35)29-13-28-19-21(26-12-27-22(19)29)25-10-15-6-8-17(9-7-15)16-4-2-1-3-5-16/h1-9,12-13,18,20,23,30-32H,10-11,14H2,(H,36,37)(H,25,26,27)(H2,33,34,35)/t18-,20+,23-/m1/s1. The number of ether oxygens (including phenoxy) is 1. The third-order valence-electron chi connectivity index (χ3n) is 6.43. The molecule has 4 atom stereocenters. The van der Waals surface area contributed by atoms with Crippen molar-refractivity contribution in [3.05, 3.63) is 72.8 Å². The maximum Gasteiger partial charge on any atom is 0.340 e. The zero-order chi connectivity index (χ0) is 29.4. The molecule has 0 saturated carbocycles. The summed E-state index contributed by atoms with van der Waals surface area (Å²) in [5.74, 6) is -4.06. The molecule has 7 N–H and O–H groups in total. The van der Waals surface area contributed by atoms with E-state index in [-0.39, 0.29) is 5.65 Å². The van der Waals surface area contributed by atoms with Gasteiger partial charge in [0.25, 0.3) is 0 Å². The van der Waals surface area contributed by atoms with Crippen molar-refractivity contribution in [3.8, 4) is 11.1 Å². The van der Waals surface area contributed by atoms with E-state index in [1.165, 1.54) is 17.2 Å². The van der Waals surface area contributed by atoms with Gasteiger partial charge in [-0.1, -0.05) is 54.6 Å². The van der Waals surface area contributed by atoms with Gasteiger partial charge in [-0.25, -0.2) is 15.0 Å². The Labute approximate surface area is 232 Å². The molecule has 1 saturated heterocycles. The monoisotopic (exact) mass is 607 g/mol. The number of aliphatic hydroxyl groups is 3. The van der Waals surface area contributed by atoms with Crippen molar-refractivity contribution in [1.29, 1.82) is 0 Å². The molecule has 1 unspecified atom stereocenters. The summed E-state index contributed by atoms with van der Waals surface area (Å²) in [4.78, 5) is 40.2. The van der Waals surface area contributed by atoms with Crippen LogP contribution in [0.2, 0.25) is 0 Å². The van der Waals surface area contributed by atoms with Crippen LogP contribution in [0.1, 0.15) is 11.8 Å². The van der Waals surface area contributed by atoms with Gasteiger partial charge in [0, 0.05) is 6.54 Å². The Kier molecular flexibility index (Phi) is 8.12. The van der Waals surface area contributed by atoms with Crippen LogP contribution in [0.15, 0.2) is 67.3 Å². The Morgan fingerprint density at radius 2 is 1.66 bits per heavy atom. The number of hydrogen-bond acceptors (Lipinski definition) is 11. The molecule has 15 nitrogen and oxygen atoms in total. The Morgan fingerprint density at radius 1 is 0.976 bits per heavy atom. The first kappa shape index (κ1) is 29.4. The van der Waals surface area contributed by atoms with Gasteiger partial charge in [0.2, 0.25) is 5.79 Å². The van der Waals surface area contributed by atoms with Gasteiger partial charge < -0.3 is 44.6 Å². The van der Waals surface area contributed by atoms with Crippen LogP contribution in [0.3, 0.4) is 0 Å². The third kappa shape index (κ3) is 6.55. The Balaban J connectivity index is 1.29. The lowest BCUT2D eigenvalue weighted by Crippen LogP contribution is -2.49.